The Balaban J connectivity index is 0.000000181. The molecule has 12 nitrogen and oxygen atoms in total. The topological polar surface area (TPSA) is 149 Å². The first-order chi connectivity index (χ1) is 28.9. The fourth-order valence-corrected chi connectivity index (χ4v) is 9.99. The van der Waals surface area contributed by atoms with Gasteiger partial charge in [-0.2, -0.15) is 0 Å². The van der Waals surface area contributed by atoms with Crippen LogP contribution in [0.2, 0.25) is 0 Å². The van der Waals surface area contributed by atoms with Gasteiger partial charge >= 0.3 is 0 Å². The monoisotopic (exact) mass is 822 g/mol. The number of halogens is 2. The number of hydrogen-bond donors (Lipinski definition) is 4. The van der Waals surface area contributed by atoms with Crippen LogP contribution in [0, 0.1) is 35.3 Å². The normalized spacial score (nSPS) is 25.5. The summed E-state index contributed by atoms with van der Waals surface area (Å²) in [5, 5.41) is 26.0. The van der Waals surface area contributed by atoms with Crippen LogP contribution in [0.3, 0.4) is 0 Å². The lowest BCUT2D eigenvalue weighted by Gasteiger charge is -2.27. The van der Waals surface area contributed by atoms with Crippen molar-refractivity contribution < 1.29 is 28.6 Å². The Morgan fingerprint density at radius 1 is 0.633 bits per heavy atom. The molecule has 6 heterocycles. The summed E-state index contributed by atoms with van der Waals surface area (Å²) in [6.45, 7) is 5.03. The average molecular weight is 823 g/mol. The van der Waals surface area contributed by atoms with E-state index in [2.05, 4.69) is 10.6 Å². The number of allylic oxidation sites excluding steroid dienone is 2. The van der Waals surface area contributed by atoms with E-state index < -0.39 is 12.1 Å². The van der Waals surface area contributed by atoms with Gasteiger partial charge < -0.3 is 30.0 Å². The summed E-state index contributed by atoms with van der Waals surface area (Å²) < 4.78 is 29.7. The second-order valence-corrected chi connectivity index (χ2v) is 16.1. The van der Waals surface area contributed by atoms with Crippen molar-refractivity contribution in [2.24, 2.45) is 23.7 Å². The lowest BCUT2D eigenvalue weighted by Crippen LogP contribution is -2.46. The van der Waals surface area contributed by atoms with Crippen LogP contribution in [-0.2, 0) is 35.8 Å². The molecule has 4 aliphatic heterocycles. The van der Waals surface area contributed by atoms with Gasteiger partial charge in [0.2, 0.25) is 11.8 Å². The highest BCUT2D eigenvalue weighted by atomic mass is 19.1. The Hall–Kier alpha value is -5.54. The second-order valence-electron chi connectivity index (χ2n) is 16.1. The maximum Gasteiger partial charge on any atom is 0.258 e. The molecule has 8 atom stereocenters. The molecule has 4 aromatic rings. The van der Waals surface area contributed by atoms with Gasteiger partial charge in [0, 0.05) is 85.6 Å². The fraction of sp³-hybridized carbons (Fsp3) is 0.391. The van der Waals surface area contributed by atoms with Crippen molar-refractivity contribution in [2.45, 2.75) is 64.2 Å². The first-order valence-corrected chi connectivity index (χ1v) is 20.3. The Morgan fingerprint density at radius 2 is 1.00 bits per heavy atom. The first-order valence-electron chi connectivity index (χ1n) is 20.3. The quantitative estimate of drug-likeness (QED) is 0.189. The molecule has 0 saturated carbocycles. The highest BCUT2D eigenvalue weighted by Crippen LogP contribution is 2.49. The van der Waals surface area contributed by atoms with Gasteiger partial charge in [-0.05, 0) is 87.6 Å². The van der Waals surface area contributed by atoms with Crippen molar-refractivity contribution in [2.75, 3.05) is 27.3 Å². The molecule has 60 heavy (non-hydrogen) atoms. The van der Waals surface area contributed by atoms with Crippen LogP contribution in [0.1, 0.15) is 59.6 Å². The van der Waals surface area contributed by atoms with Gasteiger partial charge in [0.05, 0.1) is 24.2 Å². The van der Waals surface area contributed by atoms with Crippen molar-refractivity contribution in [3.63, 3.8) is 0 Å². The van der Waals surface area contributed by atoms with E-state index in [1.54, 1.807) is 45.6 Å². The van der Waals surface area contributed by atoms with E-state index in [1.165, 1.54) is 24.3 Å². The lowest BCUT2D eigenvalue weighted by atomic mass is 9.88. The second kappa shape index (κ2) is 18.0. The highest BCUT2D eigenvalue weighted by Gasteiger charge is 2.55. The zero-order valence-corrected chi connectivity index (χ0v) is 34.2. The van der Waals surface area contributed by atoms with Crippen molar-refractivity contribution in [3.05, 3.63) is 151 Å². The van der Waals surface area contributed by atoms with Crippen LogP contribution in [0.15, 0.2) is 94.5 Å². The smallest absolute Gasteiger partial charge is 0.258 e. The van der Waals surface area contributed by atoms with Crippen molar-refractivity contribution in [3.8, 4) is 0 Å². The molecule has 2 fully saturated rings. The minimum absolute atomic E-state index is 0.0184. The number of carbonyl (C=O) groups excluding carboxylic acids is 2. The maximum absolute atomic E-state index is 13.1. The number of aliphatic hydroxyl groups excluding tert-OH is 2. The number of rotatable bonds is 10. The molecule has 0 spiro atoms. The molecule has 2 saturated heterocycles. The van der Waals surface area contributed by atoms with E-state index in [-0.39, 0.29) is 83.5 Å². The molecule has 2 amide bonds. The van der Waals surface area contributed by atoms with Gasteiger partial charge in [-0.3, -0.25) is 29.0 Å². The third-order valence-corrected chi connectivity index (χ3v) is 12.8. The van der Waals surface area contributed by atoms with Crippen LogP contribution < -0.4 is 21.8 Å². The zero-order valence-electron chi connectivity index (χ0n) is 34.2. The fourth-order valence-electron chi connectivity index (χ4n) is 9.99. The molecule has 2 aromatic carbocycles. The third kappa shape index (κ3) is 7.92. The van der Waals surface area contributed by atoms with Gasteiger partial charge in [-0.1, -0.05) is 48.6 Å². The number of carbonyl (C=O) groups is 2. The van der Waals surface area contributed by atoms with E-state index in [4.69, 9.17) is 0 Å². The summed E-state index contributed by atoms with van der Waals surface area (Å²) in [5.41, 5.74) is 4.57. The molecule has 14 heteroatoms. The summed E-state index contributed by atoms with van der Waals surface area (Å²) >= 11 is 0. The van der Waals surface area contributed by atoms with Gasteiger partial charge in [0.1, 0.15) is 11.6 Å². The number of aliphatic hydroxyl groups is 2. The van der Waals surface area contributed by atoms with Crippen LogP contribution in [0.4, 0.5) is 8.78 Å². The number of nitrogens with one attached hydrogen (secondary N) is 2. The standard InChI is InChI=1S/2C23H26FN3O3/c2*1-3-4-15-7-10-19-20-17(12-27(19)23(15)30)18(13-28)21(26(20)2)22(29)25-11-14-5-8-16(24)9-6-14/h2*3-10,17-18,20-21,28H,11-13H2,1-2H3,(H,25,29)/b4-3+;4-3-/t2*17-,18-,20+,21-/m00/s1. The van der Waals surface area contributed by atoms with E-state index in [1.807, 2.05) is 74.2 Å². The molecule has 0 unspecified atom stereocenters. The van der Waals surface area contributed by atoms with Crippen molar-refractivity contribution in [1.29, 1.82) is 0 Å². The summed E-state index contributed by atoms with van der Waals surface area (Å²) in [6, 6.07) is 18.3. The predicted molar refractivity (Wildman–Crippen MR) is 224 cm³/mol. The molecule has 8 rings (SSSR count). The molecule has 316 valence electrons. The summed E-state index contributed by atoms with van der Waals surface area (Å²) in [7, 11) is 3.74. The number of pyridine rings is 2. The largest absolute Gasteiger partial charge is 0.396 e. The summed E-state index contributed by atoms with van der Waals surface area (Å²) in [6.07, 6.45) is 7.26. The molecule has 4 aliphatic rings. The molecular formula is C46H52F2N6O6. The Morgan fingerprint density at radius 3 is 1.33 bits per heavy atom. The first kappa shape index (κ1) is 42.6. The van der Waals surface area contributed by atoms with E-state index in [0.717, 1.165) is 22.5 Å². The van der Waals surface area contributed by atoms with Crippen LogP contribution in [0.25, 0.3) is 12.2 Å². The number of hydrogen-bond acceptors (Lipinski definition) is 8. The minimum atomic E-state index is -0.496. The van der Waals surface area contributed by atoms with Crippen molar-refractivity contribution in [1.82, 2.24) is 29.6 Å². The third-order valence-electron chi connectivity index (χ3n) is 12.8. The molecular weight excluding hydrogens is 771 g/mol. The molecule has 0 bridgehead atoms. The number of amides is 2. The van der Waals surface area contributed by atoms with Crippen LogP contribution in [-0.4, -0.2) is 80.4 Å². The number of nitrogens with zero attached hydrogens (tertiary/aromatic N) is 4. The van der Waals surface area contributed by atoms with Crippen LogP contribution >= 0.6 is 0 Å². The average Bonchev–Trinajstić information content (AvgIpc) is 3.97. The van der Waals surface area contributed by atoms with E-state index >= 15 is 0 Å². The van der Waals surface area contributed by atoms with E-state index in [0.29, 0.717) is 37.3 Å². The lowest BCUT2D eigenvalue weighted by molar-refractivity contribution is -0.128. The summed E-state index contributed by atoms with van der Waals surface area (Å²) in [5.74, 6) is -1.58. The highest BCUT2D eigenvalue weighted by molar-refractivity contribution is 5.83. The molecule has 0 aliphatic carbocycles. The Kier molecular flexibility index (Phi) is 12.8. The maximum atomic E-state index is 13.1. The number of fused-ring (bicyclic) bond motifs is 6. The predicted octanol–water partition coefficient (Wildman–Crippen LogP) is 3.86. The van der Waals surface area contributed by atoms with Crippen LogP contribution in [0.5, 0.6) is 0 Å². The Bertz CT molecular complexity index is 2230. The number of likely N-dealkylation sites (N-methyl/N-ethyl adjacent to an activating group) is 2. The Labute approximate surface area is 347 Å². The number of likely N-dealkylation sites (tertiary alicyclic amines) is 2. The van der Waals surface area contributed by atoms with Gasteiger partial charge in [0.25, 0.3) is 11.1 Å². The zero-order chi connectivity index (χ0) is 42.8. The van der Waals surface area contributed by atoms with E-state index in [9.17, 15) is 38.2 Å². The summed E-state index contributed by atoms with van der Waals surface area (Å²) in [4.78, 5) is 55.6. The van der Waals surface area contributed by atoms with Gasteiger partial charge in [0.15, 0.2) is 0 Å². The SMILES string of the molecule is C/C=C/c1ccc2n(c1=O)C[C@H]1[C@H](CO)[C@@H](C(=O)NCc3ccc(F)cc3)N(C)[C@@H]21.C/C=C\c1ccc2n(c1=O)C[C@H]1[C@H](CO)[C@@H](C(=O)NCc3ccc(F)cc3)N(C)[C@@H]21. The minimum Gasteiger partial charge on any atom is -0.396 e. The van der Waals surface area contributed by atoms with Crippen molar-refractivity contribution >= 4 is 24.0 Å². The molecule has 0 radical (unpaired) electrons. The van der Waals surface area contributed by atoms with Gasteiger partial charge in [-0.25, -0.2) is 8.78 Å². The molecule has 2 aromatic heterocycles. The van der Waals surface area contributed by atoms with Gasteiger partial charge in [-0.15, -0.1) is 0 Å². The molecule has 4 N–H and O–H groups in total. The number of benzene rings is 2. The number of aromatic nitrogens is 2.